The van der Waals surface area contributed by atoms with Gasteiger partial charge in [-0.3, -0.25) is 9.69 Å². The molecule has 5 nitrogen and oxygen atoms in total. The Morgan fingerprint density at radius 2 is 1.78 bits per heavy atom. The maximum absolute atomic E-state index is 12.2. The van der Waals surface area contributed by atoms with Crippen molar-refractivity contribution in [1.29, 1.82) is 0 Å². The molecule has 0 aromatic heterocycles. The van der Waals surface area contributed by atoms with E-state index < -0.39 is 0 Å². The largest absolute Gasteiger partial charge is 0.497 e. The Bertz CT molecular complexity index is 570. The van der Waals surface area contributed by atoms with Crippen LogP contribution in [0, 0.1) is 5.92 Å². The number of carbonyl (C=O) groups excluding carboxylic acids is 1. The van der Waals surface area contributed by atoms with Crippen molar-refractivity contribution in [2.45, 2.75) is 18.4 Å². The summed E-state index contributed by atoms with van der Waals surface area (Å²) in [7, 11) is 1.69. The van der Waals surface area contributed by atoms with Crippen LogP contribution in [0.5, 0.6) is 5.75 Å². The quantitative estimate of drug-likeness (QED) is 0.844. The molecule has 3 fully saturated rings. The zero-order chi connectivity index (χ0) is 15.9. The van der Waals surface area contributed by atoms with Gasteiger partial charge >= 0.3 is 0 Å². The van der Waals surface area contributed by atoms with E-state index in [0.29, 0.717) is 11.8 Å². The van der Waals surface area contributed by atoms with E-state index in [1.54, 1.807) is 7.11 Å². The highest BCUT2D eigenvalue weighted by Gasteiger charge is 2.47. The second-order valence-electron chi connectivity index (χ2n) is 6.84. The number of ether oxygens (including phenoxy) is 2. The molecular weight excluding hydrogens is 292 g/mol. The minimum atomic E-state index is -0.0268. The predicted molar refractivity (Wildman–Crippen MR) is 86.4 cm³/mol. The Morgan fingerprint density at radius 1 is 1.13 bits per heavy atom. The van der Waals surface area contributed by atoms with E-state index in [-0.39, 0.29) is 5.54 Å². The molecule has 2 aliphatic heterocycles. The van der Waals surface area contributed by atoms with Gasteiger partial charge in [-0.25, -0.2) is 0 Å². The Hall–Kier alpha value is -1.59. The summed E-state index contributed by atoms with van der Waals surface area (Å²) in [6, 6.07) is 8.32. The van der Waals surface area contributed by atoms with Gasteiger partial charge in [0, 0.05) is 32.1 Å². The summed E-state index contributed by atoms with van der Waals surface area (Å²) >= 11 is 0. The summed E-state index contributed by atoms with van der Waals surface area (Å²) in [4.78, 5) is 16.8. The zero-order valence-corrected chi connectivity index (χ0v) is 13.7. The van der Waals surface area contributed by atoms with E-state index in [9.17, 15) is 4.79 Å². The molecule has 1 aromatic carbocycles. The number of benzene rings is 1. The third kappa shape index (κ3) is 2.62. The van der Waals surface area contributed by atoms with Gasteiger partial charge in [0.05, 0.1) is 25.9 Å². The highest BCUT2D eigenvalue weighted by Crippen LogP contribution is 2.38. The molecule has 5 heteroatoms. The van der Waals surface area contributed by atoms with Crippen LogP contribution in [0.4, 0.5) is 0 Å². The van der Waals surface area contributed by atoms with E-state index in [1.165, 1.54) is 5.56 Å². The fraction of sp³-hybridized carbons (Fsp3) is 0.611. The summed E-state index contributed by atoms with van der Waals surface area (Å²) in [6.07, 6.45) is 2.17. The number of amides is 1. The topological polar surface area (TPSA) is 42.0 Å². The van der Waals surface area contributed by atoms with E-state index in [0.717, 1.165) is 58.0 Å². The number of methoxy groups -OCH3 is 1. The van der Waals surface area contributed by atoms with Crippen molar-refractivity contribution in [3.8, 4) is 5.75 Å². The Kier molecular flexibility index (Phi) is 3.77. The van der Waals surface area contributed by atoms with Gasteiger partial charge in [0.25, 0.3) is 0 Å². The maximum atomic E-state index is 12.2. The third-order valence-electron chi connectivity index (χ3n) is 5.43. The molecular formula is C18H24N2O3. The van der Waals surface area contributed by atoms with Crippen molar-refractivity contribution in [2.75, 3.05) is 46.5 Å². The molecule has 1 saturated carbocycles. The summed E-state index contributed by atoms with van der Waals surface area (Å²) in [6.45, 7) is 4.99. The smallest absolute Gasteiger partial charge is 0.225 e. The lowest BCUT2D eigenvalue weighted by atomic mass is 9.85. The Labute approximate surface area is 137 Å². The number of nitrogens with zero attached hydrogens (tertiary/aromatic N) is 2. The van der Waals surface area contributed by atoms with Crippen molar-refractivity contribution >= 4 is 5.91 Å². The van der Waals surface area contributed by atoms with E-state index in [1.807, 2.05) is 12.1 Å². The van der Waals surface area contributed by atoms with Gasteiger partial charge in [0.15, 0.2) is 0 Å². The minimum Gasteiger partial charge on any atom is -0.497 e. The first-order chi connectivity index (χ1) is 11.2. The summed E-state index contributed by atoms with van der Waals surface area (Å²) in [5.41, 5.74) is 1.26. The SMILES string of the molecule is COc1ccc(C2(N3CCN(C(=O)C4CC4)CC3)COC2)cc1. The lowest BCUT2D eigenvalue weighted by Gasteiger charge is -2.52. The van der Waals surface area contributed by atoms with Crippen molar-refractivity contribution in [3.63, 3.8) is 0 Å². The monoisotopic (exact) mass is 316 g/mol. The number of hydrogen-bond acceptors (Lipinski definition) is 4. The molecule has 0 bridgehead atoms. The fourth-order valence-corrected chi connectivity index (χ4v) is 3.67. The number of carbonyl (C=O) groups is 1. The summed E-state index contributed by atoms with van der Waals surface area (Å²) in [5.74, 6) is 1.57. The standard InChI is InChI=1S/C18H24N2O3/c1-22-16-6-4-15(5-7-16)18(12-23-13-18)20-10-8-19(9-11-20)17(21)14-2-3-14/h4-7,14H,2-3,8-13H2,1H3. The Balaban J connectivity index is 1.46. The van der Waals surface area contributed by atoms with Crippen molar-refractivity contribution in [1.82, 2.24) is 9.80 Å². The molecule has 0 spiro atoms. The van der Waals surface area contributed by atoms with E-state index in [2.05, 4.69) is 21.9 Å². The number of rotatable bonds is 4. The van der Waals surface area contributed by atoms with Crippen molar-refractivity contribution in [2.24, 2.45) is 5.92 Å². The molecule has 1 aliphatic carbocycles. The van der Waals surface area contributed by atoms with Gasteiger partial charge < -0.3 is 14.4 Å². The first-order valence-electron chi connectivity index (χ1n) is 8.49. The molecule has 0 radical (unpaired) electrons. The Morgan fingerprint density at radius 3 is 2.26 bits per heavy atom. The second-order valence-corrected chi connectivity index (χ2v) is 6.84. The van der Waals surface area contributed by atoms with Crippen LogP contribution < -0.4 is 4.74 Å². The van der Waals surface area contributed by atoms with Gasteiger partial charge in [0.1, 0.15) is 5.75 Å². The average molecular weight is 316 g/mol. The van der Waals surface area contributed by atoms with Crippen LogP contribution in [-0.2, 0) is 15.1 Å². The fourth-order valence-electron chi connectivity index (χ4n) is 3.67. The number of piperazine rings is 1. The predicted octanol–water partition coefficient (Wildman–Crippen LogP) is 1.47. The van der Waals surface area contributed by atoms with Crippen LogP contribution >= 0.6 is 0 Å². The van der Waals surface area contributed by atoms with E-state index >= 15 is 0 Å². The van der Waals surface area contributed by atoms with Crippen molar-refractivity contribution < 1.29 is 14.3 Å². The van der Waals surface area contributed by atoms with Gasteiger partial charge in [-0.05, 0) is 30.5 Å². The lowest BCUT2D eigenvalue weighted by molar-refractivity contribution is -0.161. The molecule has 0 N–H and O–H groups in total. The van der Waals surface area contributed by atoms with Gasteiger partial charge in [-0.2, -0.15) is 0 Å². The first-order valence-corrected chi connectivity index (χ1v) is 8.49. The van der Waals surface area contributed by atoms with Crippen LogP contribution in [0.3, 0.4) is 0 Å². The first kappa shape index (κ1) is 15.0. The van der Waals surface area contributed by atoms with Crippen molar-refractivity contribution in [3.05, 3.63) is 29.8 Å². The van der Waals surface area contributed by atoms with Crippen LogP contribution in [0.15, 0.2) is 24.3 Å². The molecule has 1 aromatic rings. The molecule has 0 unspecified atom stereocenters. The van der Waals surface area contributed by atoms with Gasteiger partial charge in [-0.1, -0.05) is 12.1 Å². The lowest BCUT2D eigenvalue weighted by Crippen LogP contribution is -2.64. The molecule has 124 valence electrons. The average Bonchev–Trinajstić information content (AvgIpc) is 3.39. The molecule has 23 heavy (non-hydrogen) atoms. The minimum absolute atomic E-state index is 0.0268. The molecule has 2 heterocycles. The van der Waals surface area contributed by atoms with Crippen LogP contribution in [0.25, 0.3) is 0 Å². The molecule has 1 amide bonds. The van der Waals surface area contributed by atoms with E-state index in [4.69, 9.17) is 9.47 Å². The zero-order valence-electron chi connectivity index (χ0n) is 13.7. The summed E-state index contributed by atoms with van der Waals surface area (Å²) in [5, 5.41) is 0. The maximum Gasteiger partial charge on any atom is 0.225 e. The third-order valence-corrected chi connectivity index (χ3v) is 5.43. The van der Waals surface area contributed by atoms with Crippen LogP contribution in [0.1, 0.15) is 18.4 Å². The van der Waals surface area contributed by atoms with Crippen LogP contribution in [0.2, 0.25) is 0 Å². The number of hydrogen-bond donors (Lipinski definition) is 0. The molecule has 0 atom stereocenters. The molecule has 2 saturated heterocycles. The van der Waals surface area contributed by atoms with Crippen LogP contribution in [-0.4, -0.2) is 62.2 Å². The molecule has 4 rings (SSSR count). The molecule has 3 aliphatic rings. The van der Waals surface area contributed by atoms with Gasteiger partial charge in [-0.15, -0.1) is 0 Å². The second kappa shape index (κ2) is 5.80. The highest BCUT2D eigenvalue weighted by atomic mass is 16.5. The van der Waals surface area contributed by atoms with Gasteiger partial charge in [0.2, 0.25) is 5.91 Å². The summed E-state index contributed by atoms with van der Waals surface area (Å²) < 4.78 is 10.8. The highest BCUT2D eigenvalue weighted by molar-refractivity contribution is 5.81. The normalized spacial score (nSPS) is 24.1.